The number of allylic oxidation sites excluding steroid dienone is 1. The van der Waals surface area contributed by atoms with E-state index in [1.807, 2.05) is 55.5 Å². The van der Waals surface area contributed by atoms with Crippen molar-refractivity contribution < 1.29 is 19.0 Å². The maximum atomic E-state index is 6.48. The van der Waals surface area contributed by atoms with Crippen LogP contribution in [0.1, 0.15) is 56.2 Å². The van der Waals surface area contributed by atoms with Crippen LogP contribution in [0.25, 0.3) is 0 Å². The van der Waals surface area contributed by atoms with Crippen molar-refractivity contribution in [3.63, 3.8) is 0 Å². The van der Waals surface area contributed by atoms with Gasteiger partial charge < -0.3 is 19.0 Å². The van der Waals surface area contributed by atoms with E-state index in [0.29, 0.717) is 6.61 Å². The normalized spacial score (nSPS) is 18.7. The third kappa shape index (κ3) is 6.06. The Kier molecular flexibility index (Phi) is 8.60. The highest BCUT2D eigenvalue weighted by molar-refractivity contribution is 6.00. The van der Waals surface area contributed by atoms with Gasteiger partial charge in [0.1, 0.15) is 43.2 Å². The zero-order valence-corrected chi connectivity index (χ0v) is 19.9. The predicted molar refractivity (Wildman–Crippen MR) is 129 cm³/mol. The maximum absolute atomic E-state index is 6.48. The standard InChI is InChI=1S/C27H35NO4/c1-6-8-16-30-23-17-19(3)27(20(4)18-23)32-26-11-9-10-25(26)31-22-14-12-21(13-15-22)24(7-2)28-29-5/h6,8,12-15,17-18,25-26H,7,9-11,16H2,1-5H3/b8-6+,28-24?. The van der Waals surface area contributed by atoms with Crippen molar-refractivity contribution >= 4 is 5.71 Å². The molecule has 0 aromatic heterocycles. The van der Waals surface area contributed by atoms with Gasteiger partial charge in [-0.2, -0.15) is 0 Å². The van der Waals surface area contributed by atoms with Crippen molar-refractivity contribution in [2.75, 3.05) is 13.7 Å². The van der Waals surface area contributed by atoms with Crippen LogP contribution in [0.4, 0.5) is 0 Å². The monoisotopic (exact) mass is 437 g/mol. The van der Waals surface area contributed by atoms with E-state index in [0.717, 1.165) is 65.3 Å². The molecule has 1 fully saturated rings. The summed E-state index contributed by atoms with van der Waals surface area (Å²) in [6.07, 6.45) is 7.92. The average Bonchev–Trinajstić information content (AvgIpc) is 3.22. The van der Waals surface area contributed by atoms with Crippen molar-refractivity contribution in [1.82, 2.24) is 0 Å². The van der Waals surface area contributed by atoms with Crippen LogP contribution in [0.15, 0.2) is 53.7 Å². The third-order valence-corrected chi connectivity index (χ3v) is 5.69. The lowest BCUT2D eigenvalue weighted by Gasteiger charge is -2.25. The Labute approximate surface area is 192 Å². The van der Waals surface area contributed by atoms with Crippen LogP contribution in [-0.4, -0.2) is 31.6 Å². The summed E-state index contributed by atoms with van der Waals surface area (Å²) < 4.78 is 18.6. The molecule has 5 heteroatoms. The van der Waals surface area contributed by atoms with E-state index < -0.39 is 0 Å². The minimum absolute atomic E-state index is 0.0307. The number of nitrogens with zero attached hydrogens (tertiary/aromatic N) is 1. The van der Waals surface area contributed by atoms with Crippen LogP contribution in [0.2, 0.25) is 0 Å². The number of rotatable bonds is 10. The van der Waals surface area contributed by atoms with Crippen molar-refractivity contribution in [2.45, 2.75) is 65.6 Å². The Hall–Kier alpha value is -2.95. The van der Waals surface area contributed by atoms with E-state index in [-0.39, 0.29) is 12.2 Å². The third-order valence-electron chi connectivity index (χ3n) is 5.69. The molecule has 2 aromatic carbocycles. The molecule has 5 nitrogen and oxygen atoms in total. The zero-order valence-electron chi connectivity index (χ0n) is 19.9. The molecule has 0 heterocycles. The van der Waals surface area contributed by atoms with Gasteiger partial charge in [-0.15, -0.1) is 0 Å². The molecule has 0 radical (unpaired) electrons. The van der Waals surface area contributed by atoms with Crippen molar-refractivity contribution in [3.8, 4) is 17.2 Å². The zero-order chi connectivity index (χ0) is 22.9. The molecule has 0 spiro atoms. The first-order valence-corrected chi connectivity index (χ1v) is 11.4. The van der Waals surface area contributed by atoms with Gasteiger partial charge in [-0.3, -0.25) is 0 Å². The Bertz CT molecular complexity index is 910. The number of hydrogen-bond donors (Lipinski definition) is 0. The quantitative estimate of drug-likeness (QED) is 0.245. The second kappa shape index (κ2) is 11.6. The molecule has 2 unspecified atom stereocenters. The molecule has 1 aliphatic carbocycles. The van der Waals surface area contributed by atoms with Crippen molar-refractivity contribution in [1.29, 1.82) is 0 Å². The van der Waals surface area contributed by atoms with Gasteiger partial charge in [0, 0.05) is 0 Å². The number of aryl methyl sites for hydroxylation is 2. The molecule has 32 heavy (non-hydrogen) atoms. The first-order valence-electron chi connectivity index (χ1n) is 11.4. The summed E-state index contributed by atoms with van der Waals surface area (Å²) in [5.41, 5.74) is 4.13. The minimum Gasteiger partial charge on any atom is -0.490 e. The number of hydrogen-bond acceptors (Lipinski definition) is 5. The fraction of sp³-hybridized carbons (Fsp3) is 0.444. The van der Waals surface area contributed by atoms with E-state index >= 15 is 0 Å². The van der Waals surface area contributed by atoms with Crippen molar-refractivity contribution in [2.24, 2.45) is 5.16 Å². The minimum atomic E-state index is 0.0307. The predicted octanol–water partition coefficient (Wildman–Crippen LogP) is 6.40. The second-order valence-electron chi connectivity index (χ2n) is 8.11. The smallest absolute Gasteiger partial charge is 0.135 e. The summed E-state index contributed by atoms with van der Waals surface area (Å²) in [5.74, 6) is 2.65. The largest absolute Gasteiger partial charge is 0.490 e. The molecule has 0 amide bonds. The van der Waals surface area contributed by atoms with E-state index in [4.69, 9.17) is 19.0 Å². The molecule has 0 N–H and O–H groups in total. The topological polar surface area (TPSA) is 49.3 Å². The van der Waals surface area contributed by atoms with Gasteiger partial charge in [-0.25, -0.2) is 0 Å². The molecule has 3 rings (SSSR count). The van der Waals surface area contributed by atoms with E-state index in [9.17, 15) is 0 Å². The summed E-state index contributed by atoms with van der Waals surface area (Å²) in [4.78, 5) is 4.94. The van der Waals surface area contributed by atoms with Gasteiger partial charge in [-0.05, 0) is 99.5 Å². The molecule has 0 bridgehead atoms. The fourth-order valence-corrected chi connectivity index (χ4v) is 4.07. The van der Waals surface area contributed by atoms with Crippen LogP contribution in [0.5, 0.6) is 17.2 Å². The molecular weight excluding hydrogens is 402 g/mol. The van der Waals surface area contributed by atoms with Gasteiger partial charge in [-0.1, -0.05) is 24.2 Å². The SMILES string of the molecule is C/C=C/COc1cc(C)c(OC2CCCC2Oc2ccc(C(CC)=NOC)cc2)c(C)c1. The highest BCUT2D eigenvalue weighted by Crippen LogP contribution is 2.34. The Balaban J connectivity index is 1.67. The summed E-state index contributed by atoms with van der Waals surface area (Å²) in [5, 5.41) is 4.09. The lowest BCUT2D eigenvalue weighted by atomic mass is 10.1. The highest BCUT2D eigenvalue weighted by Gasteiger charge is 2.31. The molecule has 2 atom stereocenters. The van der Waals surface area contributed by atoms with Gasteiger partial charge in [0.2, 0.25) is 0 Å². The second-order valence-corrected chi connectivity index (χ2v) is 8.11. The summed E-state index contributed by atoms with van der Waals surface area (Å²) in [6.45, 7) is 8.77. The van der Waals surface area contributed by atoms with Crippen molar-refractivity contribution in [3.05, 3.63) is 65.2 Å². The van der Waals surface area contributed by atoms with Crippen LogP contribution < -0.4 is 14.2 Å². The molecule has 1 aliphatic rings. The van der Waals surface area contributed by atoms with Gasteiger partial charge in [0.15, 0.2) is 0 Å². The molecule has 1 saturated carbocycles. The Morgan fingerprint density at radius 1 is 1.00 bits per heavy atom. The molecule has 0 aliphatic heterocycles. The Morgan fingerprint density at radius 3 is 2.25 bits per heavy atom. The van der Waals surface area contributed by atoms with Crippen LogP contribution in [-0.2, 0) is 4.84 Å². The number of oxime groups is 1. The summed E-state index contributed by atoms with van der Waals surface area (Å²) in [7, 11) is 1.57. The number of ether oxygens (including phenoxy) is 3. The Morgan fingerprint density at radius 2 is 1.66 bits per heavy atom. The van der Waals surface area contributed by atoms with Crippen LogP contribution in [0, 0.1) is 13.8 Å². The maximum Gasteiger partial charge on any atom is 0.135 e. The first kappa shape index (κ1) is 23.7. The molecule has 0 saturated heterocycles. The first-order chi connectivity index (χ1) is 15.5. The molecule has 172 valence electrons. The van der Waals surface area contributed by atoms with Gasteiger partial charge >= 0.3 is 0 Å². The molecular formula is C27H35NO4. The van der Waals surface area contributed by atoms with Gasteiger partial charge in [0.05, 0.1) is 5.71 Å². The molecule has 2 aromatic rings. The van der Waals surface area contributed by atoms with Gasteiger partial charge in [0.25, 0.3) is 0 Å². The fourth-order valence-electron chi connectivity index (χ4n) is 4.07. The highest BCUT2D eigenvalue weighted by atomic mass is 16.6. The van der Waals surface area contributed by atoms with Crippen LogP contribution in [0.3, 0.4) is 0 Å². The summed E-state index contributed by atoms with van der Waals surface area (Å²) in [6, 6.07) is 12.1. The van der Waals surface area contributed by atoms with E-state index in [2.05, 4.69) is 25.9 Å². The summed E-state index contributed by atoms with van der Waals surface area (Å²) >= 11 is 0. The lowest BCUT2D eigenvalue weighted by molar-refractivity contribution is 0.0769. The van der Waals surface area contributed by atoms with E-state index in [1.54, 1.807) is 7.11 Å². The van der Waals surface area contributed by atoms with Crippen LogP contribution >= 0.6 is 0 Å². The average molecular weight is 438 g/mol. The van der Waals surface area contributed by atoms with E-state index in [1.165, 1.54) is 0 Å². The lowest BCUT2D eigenvalue weighted by Crippen LogP contribution is -2.31. The number of benzene rings is 2.